The number of carbonyl (C=O) groups is 2. The SMILES string of the molecule is CCN(CC(=O)OC)C(=O)C12CC3CC(CC(C3)C1)C2. The summed E-state index contributed by atoms with van der Waals surface area (Å²) in [7, 11) is 1.38. The van der Waals surface area contributed by atoms with E-state index < -0.39 is 0 Å². The van der Waals surface area contributed by atoms with E-state index in [0.717, 1.165) is 37.0 Å². The van der Waals surface area contributed by atoms with E-state index in [2.05, 4.69) is 0 Å². The van der Waals surface area contributed by atoms with Crippen LogP contribution in [0.3, 0.4) is 0 Å². The Kier molecular flexibility index (Phi) is 3.51. The number of esters is 1. The number of nitrogens with zero attached hydrogens (tertiary/aromatic N) is 1. The van der Waals surface area contributed by atoms with Gasteiger partial charge < -0.3 is 9.64 Å². The van der Waals surface area contributed by atoms with Crippen molar-refractivity contribution in [3.63, 3.8) is 0 Å². The van der Waals surface area contributed by atoms with Crippen LogP contribution in [0.1, 0.15) is 45.4 Å². The maximum absolute atomic E-state index is 13.0. The van der Waals surface area contributed by atoms with E-state index in [1.165, 1.54) is 26.4 Å². The first-order valence-corrected chi connectivity index (χ1v) is 7.92. The number of carbonyl (C=O) groups excluding carboxylic acids is 2. The van der Waals surface area contributed by atoms with Crippen molar-refractivity contribution in [2.75, 3.05) is 20.2 Å². The number of ether oxygens (including phenoxy) is 1. The summed E-state index contributed by atoms with van der Waals surface area (Å²) in [5.74, 6) is 2.15. The first-order valence-electron chi connectivity index (χ1n) is 7.92. The van der Waals surface area contributed by atoms with Gasteiger partial charge in [0.1, 0.15) is 6.54 Å². The Morgan fingerprint density at radius 1 is 1.10 bits per heavy atom. The molecule has 4 rings (SSSR count). The van der Waals surface area contributed by atoms with Gasteiger partial charge in [0.15, 0.2) is 0 Å². The lowest BCUT2D eigenvalue weighted by molar-refractivity contribution is -0.161. The van der Waals surface area contributed by atoms with Crippen molar-refractivity contribution >= 4 is 11.9 Å². The summed E-state index contributed by atoms with van der Waals surface area (Å²) in [5, 5.41) is 0. The summed E-state index contributed by atoms with van der Waals surface area (Å²) >= 11 is 0. The number of hydrogen-bond acceptors (Lipinski definition) is 3. The molecule has 0 aromatic rings. The van der Waals surface area contributed by atoms with Gasteiger partial charge in [-0.05, 0) is 63.2 Å². The van der Waals surface area contributed by atoms with Crippen LogP contribution in [0.4, 0.5) is 0 Å². The van der Waals surface area contributed by atoms with Crippen LogP contribution in [0.25, 0.3) is 0 Å². The molecule has 0 heterocycles. The first kappa shape index (κ1) is 13.9. The lowest BCUT2D eigenvalue weighted by Crippen LogP contribution is -2.55. The highest BCUT2D eigenvalue weighted by Crippen LogP contribution is 2.60. The average molecular weight is 279 g/mol. The number of methoxy groups -OCH3 is 1. The molecule has 4 bridgehead atoms. The van der Waals surface area contributed by atoms with E-state index in [9.17, 15) is 9.59 Å². The first-order chi connectivity index (χ1) is 9.56. The van der Waals surface area contributed by atoms with Crippen LogP contribution in [0.2, 0.25) is 0 Å². The third-order valence-electron chi connectivity index (χ3n) is 5.71. The summed E-state index contributed by atoms with van der Waals surface area (Å²) in [5.41, 5.74) is -0.154. The molecule has 112 valence electrons. The van der Waals surface area contributed by atoms with Crippen LogP contribution in [-0.2, 0) is 14.3 Å². The summed E-state index contributed by atoms with van der Waals surface area (Å²) in [6, 6.07) is 0. The molecule has 0 atom stereocenters. The van der Waals surface area contributed by atoms with E-state index >= 15 is 0 Å². The molecule has 0 spiro atoms. The normalized spacial score (nSPS) is 37.8. The molecule has 4 saturated carbocycles. The van der Waals surface area contributed by atoms with E-state index in [4.69, 9.17) is 4.74 Å². The average Bonchev–Trinajstić information content (AvgIpc) is 2.42. The van der Waals surface area contributed by atoms with Gasteiger partial charge in [-0.3, -0.25) is 9.59 Å². The van der Waals surface area contributed by atoms with E-state index in [1.54, 1.807) is 4.90 Å². The molecule has 0 aliphatic heterocycles. The molecule has 0 aromatic heterocycles. The molecule has 4 aliphatic rings. The predicted octanol–water partition coefficient (Wildman–Crippen LogP) is 2.22. The smallest absolute Gasteiger partial charge is 0.325 e. The fourth-order valence-corrected chi connectivity index (χ4v) is 5.26. The van der Waals surface area contributed by atoms with Gasteiger partial charge in [-0.15, -0.1) is 0 Å². The molecule has 4 fully saturated rings. The Morgan fingerprint density at radius 3 is 2.00 bits per heavy atom. The lowest BCUT2D eigenvalue weighted by Gasteiger charge is -2.56. The van der Waals surface area contributed by atoms with Crippen LogP contribution in [0.15, 0.2) is 0 Å². The Hall–Kier alpha value is -1.06. The minimum atomic E-state index is -0.315. The highest BCUT2D eigenvalue weighted by atomic mass is 16.5. The van der Waals surface area contributed by atoms with E-state index in [-0.39, 0.29) is 23.8 Å². The van der Waals surface area contributed by atoms with Gasteiger partial charge in [-0.2, -0.15) is 0 Å². The summed E-state index contributed by atoms with van der Waals surface area (Å²) in [6.45, 7) is 2.64. The highest BCUT2D eigenvalue weighted by molar-refractivity contribution is 5.86. The highest BCUT2D eigenvalue weighted by Gasteiger charge is 2.55. The number of hydrogen-bond donors (Lipinski definition) is 0. The molecule has 4 heteroatoms. The van der Waals surface area contributed by atoms with Crippen LogP contribution in [-0.4, -0.2) is 37.0 Å². The van der Waals surface area contributed by atoms with Gasteiger partial charge in [0.2, 0.25) is 5.91 Å². The molecule has 4 aliphatic carbocycles. The molecule has 0 unspecified atom stereocenters. The molecule has 0 N–H and O–H groups in total. The molecular weight excluding hydrogens is 254 g/mol. The predicted molar refractivity (Wildman–Crippen MR) is 74.9 cm³/mol. The molecule has 0 radical (unpaired) electrons. The van der Waals surface area contributed by atoms with Crippen LogP contribution in [0.5, 0.6) is 0 Å². The van der Waals surface area contributed by atoms with Gasteiger partial charge >= 0.3 is 5.97 Å². The number of rotatable bonds is 4. The second-order valence-electron chi connectivity index (χ2n) is 7.09. The maximum Gasteiger partial charge on any atom is 0.325 e. The molecule has 1 amide bonds. The van der Waals surface area contributed by atoms with Crippen LogP contribution < -0.4 is 0 Å². The van der Waals surface area contributed by atoms with Gasteiger partial charge in [0, 0.05) is 6.54 Å². The third kappa shape index (κ3) is 2.23. The Balaban J connectivity index is 1.77. The van der Waals surface area contributed by atoms with Gasteiger partial charge in [0.25, 0.3) is 0 Å². The Bertz CT molecular complexity index is 383. The monoisotopic (exact) mass is 279 g/mol. The molecule has 0 saturated heterocycles. The van der Waals surface area contributed by atoms with Crippen LogP contribution in [0, 0.1) is 23.2 Å². The lowest BCUT2D eigenvalue weighted by atomic mass is 9.49. The van der Waals surface area contributed by atoms with Gasteiger partial charge in [-0.1, -0.05) is 0 Å². The minimum absolute atomic E-state index is 0.105. The molecule has 20 heavy (non-hydrogen) atoms. The zero-order chi connectivity index (χ0) is 14.3. The van der Waals surface area contributed by atoms with Crippen molar-refractivity contribution in [1.82, 2.24) is 4.90 Å². The standard InChI is InChI=1S/C16H25NO3/c1-3-17(10-14(18)20-2)15(19)16-7-11-4-12(8-16)6-13(5-11)9-16/h11-13H,3-10H2,1-2H3. The van der Waals surface area contributed by atoms with Crippen molar-refractivity contribution in [3.05, 3.63) is 0 Å². The fraction of sp³-hybridized carbons (Fsp3) is 0.875. The van der Waals surface area contributed by atoms with Crippen molar-refractivity contribution in [1.29, 1.82) is 0 Å². The fourth-order valence-electron chi connectivity index (χ4n) is 5.26. The van der Waals surface area contributed by atoms with Crippen LogP contribution >= 0.6 is 0 Å². The zero-order valence-electron chi connectivity index (χ0n) is 12.6. The third-order valence-corrected chi connectivity index (χ3v) is 5.71. The van der Waals surface area contributed by atoms with Crippen molar-refractivity contribution < 1.29 is 14.3 Å². The Labute approximate surface area is 120 Å². The molecule has 4 nitrogen and oxygen atoms in total. The minimum Gasteiger partial charge on any atom is -0.468 e. The molecule has 0 aromatic carbocycles. The zero-order valence-corrected chi connectivity index (χ0v) is 12.6. The number of amides is 1. The maximum atomic E-state index is 13.0. The second kappa shape index (κ2) is 5.05. The Morgan fingerprint density at radius 2 is 1.60 bits per heavy atom. The summed E-state index contributed by atoms with van der Waals surface area (Å²) in [4.78, 5) is 26.2. The quantitative estimate of drug-likeness (QED) is 0.741. The second-order valence-corrected chi connectivity index (χ2v) is 7.09. The topological polar surface area (TPSA) is 46.6 Å². The molecular formula is C16H25NO3. The summed E-state index contributed by atoms with van der Waals surface area (Å²) in [6.07, 6.45) is 7.14. The summed E-state index contributed by atoms with van der Waals surface area (Å²) < 4.78 is 4.72. The van der Waals surface area contributed by atoms with E-state index in [0.29, 0.717) is 6.54 Å². The van der Waals surface area contributed by atoms with Crippen molar-refractivity contribution in [2.45, 2.75) is 45.4 Å². The van der Waals surface area contributed by atoms with E-state index in [1.807, 2.05) is 6.92 Å². The largest absolute Gasteiger partial charge is 0.468 e. The van der Waals surface area contributed by atoms with Gasteiger partial charge in [0.05, 0.1) is 12.5 Å². The van der Waals surface area contributed by atoms with Gasteiger partial charge in [-0.25, -0.2) is 0 Å². The van der Waals surface area contributed by atoms with Crippen molar-refractivity contribution in [3.8, 4) is 0 Å². The van der Waals surface area contributed by atoms with Crippen molar-refractivity contribution in [2.24, 2.45) is 23.2 Å². The number of likely N-dealkylation sites (N-methyl/N-ethyl adjacent to an activating group) is 1.